The van der Waals surface area contributed by atoms with E-state index in [-0.39, 0.29) is 33.8 Å². The van der Waals surface area contributed by atoms with E-state index in [0.717, 1.165) is 41.3 Å². The molecule has 4 aromatic rings. The van der Waals surface area contributed by atoms with Crippen LogP contribution in [0.5, 0.6) is 10.9 Å². The molecular weight excluding hydrogens is 519 g/mol. The largest absolute Gasteiger partial charge is 0.464 e. The number of hydrogen-bond donors (Lipinski definition) is 1. The normalized spacial score (nSPS) is 10.7. The molecule has 1 amide bonds. The molecule has 182 valence electrons. The summed E-state index contributed by atoms with van der Waals surface area (Å²) < 4.78 is 50.5. The maximum atomic E-state index is 14.7. The van der Waals surface area contributed by atoms with Crippen molar-refractivity contribution in [3.63, 3.8) is 0 Å². The maximum Gasteiger partial charge on any atom is 0.387 e. The molecule has 36 heavy (non-hydrogen) atoms. The van der Waals surface area contributed by atoms with Gasteiger partial charge in [-0.2, -0.15) is 14.0 Å². The lowest BCUT2D eigenvalue weighted by atomic mass is 9.98. The Morgan fingerprint density at radius 3 is 2.69 bits per heavy atom. The van der Waals surface area contributed by atoms with Crippen molar-refractivity contribution in [1.82, 2.24) is 15.2 Å². The van der Waals surface area contributed by atoms with Crippen LogP contribution in [0, 0.1) is 17.1 Å². The van der Waals surface area contributed by atoms with Crippen LogP contribution in [0.1, 0.15) is 21.6 Å². The monoisotopic (exact) mass is 531 g/mol. The quantitative estimate of drug-likeness (QED) is 0.310. The molecule has 13 heteroatoms. The zero-order valence-corrected chi connectivity index (χ0v) is 19.5. The van der Waals surface area contributed by atoms with Gasteiger partial charge < -0.3 is 9.47 Å². The Hall–Kier alpha value is -4.21. The van der Waals surface area contributed by atoms with Gasteiger partial charge in [-0.1, -0.05) is 34.9 Å². The summed E-state index contributed by atoms with van der Waals surface area (Å²) in [6.45, 7) is -3.06. The van der Waals surface area contributed by atoms with Crippen LogP contribution in [-0.2, 0) is 6.61 Å². The second-order valence-electron chi connectivity index (χ2n) is 6.96. The van der Waals surface area contributed by atoms with Crippen molar-refractivity contribution in [3.8, 4) is 28.1 Å². The first-order chi connectivity index (χ1) is 17.3. The zero-order chi connectivity index (χ0) is 25.7. The van der Waals surface area contributed by atoms with Gasteiger partial charge in [-0.25, -0.2) is 9.37 Å². The third-order valence-electron chi connectivity index (χ3n) is 4.63. The van der Waals surface area contributed by atoms with Crippen LogP contribution in [0.3, 0.4) is 0 Å². The number of alkyl halides is 2. The van der Waals surface area contributed by atoms with E-state index in [9.17, 15) is 23.2 Å². The predicted molar refractivity (Wildman–Crippen MR) is 125 cm³/mol. The molecule has 8 nitrogen and oxygen atoms in total. The van der Waals surface area contributed by atoms with Gasteiger partial charge in [0.25, 0.3) is 11.1 Å². The number of carbonyl (C=O) groups excluding carboxylic acids is 1. The van der Waals surface area contributed by atoms with Crippen LogP contribution < -0.4 is 14.8 Å². The van der Waals surface area contributed by atoms with E-state index >= 15 is 0 Å². The second-order valence-corrected chi connectivity index (χ2v) is 8.34. The lowest BCUT2D eigenvalue weighted by Crippen LogP contribution is -2.14. The predicted octanol–water partition coefficient (Wildman–Crippen LogP) is 5.70. The van der Waals surface area contributed by atoms with Crippen molar-refractivity contribution in [2.45, 2.75) is 13.2 Å². The van der Waals surface area contributed by atoms with Gasteiger partial charge in [-0.3, -0.25) is 10.1 Å². The van der Waals surface area contributed by atoms with Crippen molar-refractivity contribution in [2.24, 2.45) is 0 Å². The third kappa shape index (κ3) is 5.88. The van der Waals surface area contributed by atoms with Gasteiger partial charge in [0.1, 0.15) is 29.9 Å². The number of rotatable bonds is 8. The van der Waals surface area contributed by atoms with Gasteiger partial charge in [-0.15, -0.1) is 5.10 Å². The molecule has 1 N–H and O–H groups in total. The summed E-state index contributed by atoms with van der Waals surface area (Å²) in [6, 6.07) is 13.2. The number of hydrogen-bond acceptors (Lipinski definition) is 8. The van der Waals surface area contributed by atoms with Crippen molar-refractivity contribution < 1.29 is 27.4 Å². The van der Waals surface area contributed by atoms with Gasteiger partial charge in [0.2, 0.25) is 5.13 Å². The number of amides is 1. The molecular formula is C23H13ClF3N5O3S. The molecule has 0 aliphatic rings. The summed E-state index contributed by atoms with van der Waals surface area (Å²) in [7, 11) is 0. The number of nitrogens with zero attached hydrogens (tertiary/aromatic N) is 4. The minimum Gasteiger partial charge on any atom is -0.464 e. The minimum absolute atomic E-state index is 0.0546. The van der Waals surface area contributed by atoms with E-state index in [1.54, 1.807) is 30.3 Å². The number of anilines is 1. The molecule has 0 aliphatic carbocycles. The van der Waals surface area contributed by atoms with Crippen molar-refractivity contribution >= 4 is 34.0 Å². The fourth-order valence-electron chi connectivity index (χ4n) is 3.07. The fraction of sp³-hybridized carbons (Fsp3) is 0.0870. The molecule has 2 aromatic heterocycles. The molecule has 0 spiro atoms. The van der Waals surface area contributed by atoms with Crippen LogP contribution in [-0.4, -0.2) is 27.7 Å². The molecule has 0 fully saturated rings. The summed E-state index contributed by atoms with van der Waals surface area (Å²) in [4.78, 5) is 16.9. The highest BCUT2D eigenvalue weighted by Crippen LogP contribution is 2.36. The van der Waals surface area contributed by atoms with Crippen molar-refractivity contribution in [2.75, 3.05) is 5.32 Å². The van der Waals surface area contributed by atoms with Gasteiger partial charge >= 0.3 is 6.61 Å². The summed E-state index contributed by atoms with van der Waals surface area (Å²) >= 11 is 6.78. The molecule has 0 unspecified atom stereocenters. The van der Waals surface area contributed by atoms with Crippen LogP contribution in [0.4, 0.5) is 18.3 Å². The molecule has 2 aromatic carbocycles. The summed E-state index contributed by atoms with van der Waals surface area (Å²) in [6.07, 6.45) is 1.03. The first kappa shape index (κ1) is 24.9. The number of ether oxygens (including phenoxy) is 2. The Morgan fingerprint density at radius 1 is 1.19 bits per heavy atom. The molecule has 0 aliphatic heterocycles. The van der Waals surface area contributed by atoms with Gasteiger partial charge in [0.15, 0.2) is 0 Å². The number of aromatic nitrogens is 3. The van der Waals surface area contributed by atoms with Crippen LogP contribution in [0.25, 0.3) is 11.1 Å². The van der Waals surface area contributed by atoms with E-state index < -0.39 is 29.6 Å². The lowest BCUT2D eigenvalue weighted by Gasteiger charge is -2.14. The standard InChI is InChI=1S/C23H13ClF3N5O3S/c24-13-6-4-12(5-7-13)11-34-23-32-31-22(36-23)30-20(33)16-10-29-14(9-28)8-15(16)19-17(25)2-1-3-18(19)35-21(26)27/h1-8,10,21H,11H2,(H,30,31,33). The minimum atomic E-state index is -3.24. The van der Waals surface area contributed by atoms with Gasteiger partial charge in [0.05, 0.1) is 11.1 Å². The Kier molecular flexibility index (Phi) is 7.62. The number of pyridine rings is 1. The molecule has 0 saturated heterocycles. The number of halogens is 4. The Labute approximate surface area is 210 Å². The topological polar surface area (TPSA) is 110 Å². The summed E-state index contributed by atoms with van der Waals surface area (Å²) in [5.74, 6) is -2.25. The summed E-state index contributed by atoms with van der Waals surface area (Å²) in [5, 5.41) is 20.2. The van der Waals surface area contributed by atoms with Crippen LogP contribution >= 0.6 is 22.9 Å². The van der Waals surface area contributed by atoms with E-state index in [1.165, 1.54) is 6.07 Å². The first-order valence-electron chi connectivity index (χ1n) is 10.00. The van der Waals surface area contributed by atoms with E-state index in [2.05, 4.69) is 25.2 Å². The first-order valence-corrected chi connectivity index (χ1v) is 11.2. The number of nitriles is 1. The molecule has 0 atom stereocenters. The Balaban J connectivity index is 1.58. The van der Waals surface area contributed by atoms with Gasteiger partial charge in [-0.05, 0) is 47.2 Å². The molecule has 0 saturated carbocycles. The smallest absolute Gasteiger partial charge is 0.387 e. The van der Waals surface area contributed by atoms with Crippen molar-refractivity contribution in [1.29, 1.82) is 5.26 Å². The van der Waals surface area contributed by atoms with E-state index in [1.807, 2.05) is 0 Å². The van der Waals surface area contributed by atoms with E-state index in [0.29, 0.717) is 5.02 Å². The summed E-state index contributed by atoms with van der Waals surface area (Å²) in [5.41, 5.74) is -0.138. The number of nitrogens with one attached hydrogen (secondary N) is 1. The number of carbonyl (C=O) groups is 1. The zero-order valence-electron chi connectivity index (χ0n) is 17.9. The SMILES string of the molecule is N#Cc1cc(-c2c(F)cccc2OC(F)F)c(C(=O)Nc2nnc(OCc3ccc(Cl)cc3)s2)cn1. The van der Waals surface area contributed by atoms with Crippen molar-refractivity contribution in [3.05, 3.63) is 82.4 Å². The average Bonchev–Trinajstić information content (AvgIpc) is 3.30. The van der Waals surface area contributed by atoms with Crippen LogP contribution in [0.15, 0.2) is 54.7 Å². The molecule has 0 bridgehead atoms. The fourth-order valence-corrected chi connectivity index (χ4v) is 3.79. The molecule has 0 radical (unpaired) electrons. The maximum absolute atomic E-state index is 14.7. The Morgan fingerprint density at radius 2 is 1.97 bits per heavy atom. The Bertz CT molecular complexity index is 1440. The van der Waals surface area contributed by atoms with Gasteiger partial charge in [0, 0.05) is 16.8 Å². The second kappa shape index (κ2) is 11.0. The molecule has 2 heterocycles. The van der Waals surface area contributed by atoms with E-state index in [4.69, 9.17) is 16.3 Å². The highest BCUT2D eigenvalue weighted by atomic mass is 35.5. The lowest BCUT2D eigenvalue weighted by molar-refractivity contribution is -0.0495. The highest BCUT2D eigenvalue weighted by molar-refractivity contribution is 7.17. The molecule has 4 rings (SSSR count). The number of benzene rings is 2. The highest BCUT2D eigenvalue weighted by Gasteiger charge is 2.23. The third-order valence-corrected chi connectivity index (χ3v) is 5.63. The van der Waals surface area contributed by atoms with Crippen LogP contribution in [0.2, 0.25) is 5.02 Å². The average molecular weight is 532 g/mol.